The van der Waals surface area contributed by atoms with Crippen molar-refractivity contribution in [1.82, 2.24) is 14.5 Å². The van der Waals surface area contributed by atoms with E-state index in [0.717, 1.165) is 22.6 Å². The van der Waals surface area contributed by atoms with Crippen LogP contribution >= 0.6 is 0 Å². The average molecular weight is 487 g/mol. The van der Waals surface area contributed by atoms with Crippen molar-refractivity contribution in [3.8, 4) is 22.7 Å². The normalized spacial score (nSPS) is 10.9. The van der Waals surface area contributed by atoms with Crippen molar-refractivity contribution in [2.75, 3.05) is 19.0 Å². The molecule has 8 heteroatoms. The number of rotatable bonds is 8. The Balaban J connectivity index is 1.65. The lowest BCUT2D eigenvalue weighted by atomic mass is 10.1. The molecule has 2 aromatic heterocycles. The van der Waals surface area contributed by atoms with Crippen LogP contribution in [0, 0.1) is 13.8 Å². The van der Waals surface area contributed by atoms with E-state index >= 15 is 0 Å². The summed E-state index contributed by atoms with van der Waals surface area (Å²) < 4.78 is 12.4. The van der Waals surface area contributed by atoms with Crippen molar-refractivity contribution in [1.29, 1.82) is 0 Å². The monoisotopic (exact) mass is 486 g/mol. The van der Waals surface area contributed by atoms with E-state index in [1.54, 1.807) is 19.2 Å². The second kappa shape index (κ2) is 10.5. The molecular weight excluding hydrogens is 456 g/mol. The number of nitrogens with zero attached hydrogens (tertiary/aromatic N) is 3. The number of carbonyl (C=O) groups is 2. The van der Waals surface area contributed by atoms with Crippen LogP contribution in [0.1, 0.15) is 35.5 Å². The van der Waals surface area contributed by atoms with E-state index < -0.39 is 0 Å². The molecule has 4 rings (SSSR count). The van der Waals surface area contributed by atoms with Crippen LogP contribution in [0.5, 0.6) is 5.75 Å². The summed E-state index contributed by atoms with van der Waals surface area (Å²) in [6, 6.07) is 16.7. The largest absolute Gasteiger partial charge is 0.497 e. The second-order valence-corrected chi connectivity index (χ2v) is 8.87. The molecule has 8 nitrogen and oxygen atoms in total. The summed E-state index contributed by atoms with van der Waals surface area (Å²) >= 11 is 0. The molecule has 2 amide bonds. The second-order valence-electron chi connectivity index (χ2n) is 8.87. The van der Waals surface area contributed by atoms with Crippen LogP contribution in [-0.2, 0) is 4.79 Å². The van der Waals surface area contributed by atoms with Gasteiger partial charge in [-0.05, 0) is 87.4 Å². The maximum Gasteiger partial charge on any atom is 0.290 e. The summed E-state index contributed by atoms with van der Waals surface area (Å²) in [5, 5.41) is 2.91. The zero-order valence-electron chi connectivity index (χ0n) is 21.1. The van der Waals surface area contributed by atoms with Gasteiger partial charge in [-0.1, -0.05) is 6.07 Å². The number of imidazole rings is 1. The number of aryl methyl sites for hydroxylation is 2. The lowest BCUT2D eigenvalue weighted by Crippen LogP contribution is -2.42. The number of nitrogens with one attached hydrogen (secondary N) is 1. The van der Waals surface area contributed by atoms with Gasteiger partial charge in [0.2, 0.25) is 11.9 Å². The van der Waals surface area contributed by atoms with Crippen LogP contribution in [0.25, 0.3) is 16.9 Å². The Morgan fingerprint density at radius 3 is 2.44 bits per heavy atom. The third kappa shape index (κ3) is 5.33. The minimum absolute atomic E-state index is 0.144. The minimum Gasteiger partial charge on any atom is -0.497 e. The summed E-state index contributed by atoms with van der Waals surface area (Å²) in [4.78, 5) is 32.2. The zero-order valence-corrected chi connectivity index (χ0v) is 21.1. The number of benzene rings is 2. The lowest BCUT2D eigenvalue weighted by molar-refractivity contribution is -0.117. The number of hydrogen-bond donors (Lipinski definition) is 1. The average Bonchev–Trinajstić information content (AvgIpc) is 3.54. The first-order valence-corrected chi connectivity index (χ1v) is 11.7. The van der Waals surface area contributed by atoms with Crippen LogP contribution in [0.4, 0.5) is 5.95 Å². The minimum atomic E-state index is -0.361. The molecule has 0 unspecified atom stereocenters. The molecular formula is C28H30N4O4. The van der Waals surface area contributed by atoms with Crippen molar-refractivity contribution in [2.45, 2.75) is 33.7 Å². The summed E-state index contributed by atoms with van der Waals surface area (Å²) in [5.74, 6) is 0.594. The third-order valence-electron chi connectivity index (χ3n) is 6.04. The molecule has 0 radical (unpaired) electrons. The van der Waals surface area contributed by atoms with Crippen molar-refractivity contribution < 1.29 is 18.7 Å². The van der Waals surface area contributed by atoms with Crippen LogP contribution in [0.15, 0.2) is 71.5 Å². The number of hydrogen-bond acceptors (Lipinski definition) is 5. The third-order valence-corrected chi connectivity index (χ3v) is 6.04. The molecule has 2 heterocycles. The molecule has 0 fully saturated rings. The molecule has 0 spiro atoms. The van der Waals surface area contributed by atoms with E-state index in [-0.39, 0.29) is 30.2 Å². The molecule has 0 saturated carbocycles. The number of ether oxygens (including phenoxy) is 1. The van der Waals surface area contributed by atoms with E-state index in [2.05, 4.69) is 12.2 Å². The first kappa shape index (κ1) is 24.8. The highest BCUT2D eigenvalue weighted by Gasteiger charge is 2.24. The fourth-order valence-corrected chi connectivity index (χ4v) is 3.79. The van der Waals surface area contributed by atoms with Gasteiger partial charge in [-0.15, -0.1) is 0 Å². The maximum absolute atomic E-state index is 13.1. The van der Waals surface area contributed by atoms with E-state index in [1.807, 2.05) is 74.0 Å². The van der Waals surface area contributed by atoms with Crippen molar-refractivity contribution in [2.24, 2.45) is 0 Å². The Labute approximate surface area is 210 Å². The van der Waals surface area contributed by atoms with Gasteiger partial charge in [0.05, 0.1) is 19.1 Å². The SMILES string of the molecule is COc1ccc(-c2cn(-c3ccc(C)c(C)c3)c(NC(=O)CN(C(=O)c3ccco3)C(C)C)n2)cc1. The lowest BCUT2D eigenvalue weighted by Gasteiger charge is -2.25. The van der Waals surface area contributed by atoms with Gasteiger partial charge >= 0.3 is 0 Å². The Hall–Kier alpha value is -4.33. The number of amides is 2. The number of anilines is 1. The molecule has 1 N–H and O–H groups in total. The predicted octanol–water partition coefficient (Wildman–Crippen LogP) is 5.25. The Morgan fingerprint density at radius 2 is 1.83 bits per heavy atom. The van der Waals surface area contributed by atoms with Crippen molar-refractivity contribution in [3.05, 3.63) is 83.9 Å². The fraction of sp³-hybridized carbons (Fsp3) is 0.250. The predicted molar refractivity (Wildman–Crippen MR) is 139 cm³/mol. The van der Waals surface area contributed by atoms with E-state index in [1.165, 1.54) is 16.7 Å². The number of methoxy groups -OCH3 is 1. The first-order valence-electron chi connectivity index (χ1n) is 11.7. The zero-order chi connectivity index (χ0) is 25.8. The van der Waals surface area contributed by atoms with Crippen LogP contribution in [-0.4, -0.2) is 46.0 Å². The summed E-state index contributed by atoms with van der Waals surface area (Å²) in [6.45, 7) is 7.65. The number of furan rings is 1. The molecule has 36 heavy (non-hydrogen) atoms. The first-order chi connectivity index (χ1) is 17.3. The number of carbonyl (C=O) groups excluding carboxylic acids is 2. The molecule has 0 aliphatic heterocycles. The molecule has 0 bridgehead atoms. The Morgan fingerprint density at radius 1 is 1.08 bits per heavy atom. The van der Waals surface area contributed by atoms with Gasteiger partial charge in [-0.3, -0.25) is 19.5 Å². The van der Waals surface area contributed by atoms with Gasteiger partial charge in [0.15, 0.2) is 5.76 Å². The van der Waals surface area contributed by atoms with Gasteiger partial charge in [0, 0.05) is 23.5 Å². The maximum atomic E-state index is 13.1. The molecule has 186 valence electrons. The van der Waals surface area contributed by atoms with E-state index in [4.69, 9.17) is 14.1 Å². The highest BCUT2D eigenvalue weighted by atomic mass is 16.5. The van der Waals surface area contributed by atoms with Crippen LogP contribution in [0.2, 0.25) is 0 Å². The van der Waals surface area contributed by atoms with Crippen molar-refractivity contribution >= 4 is 17.8 Å². The molecule has 0 saturated heterocycles. The van der Waals surface area contributed by atoms with Gasteiger partial charge in [0.1, 0.15) is 12.3 Å². The standard InChI is InChI=1S/C28H30N4O4/c1-18(2)31(27(34)25-7-6-14-36-25)17-26(33)30-28-29-24(21-9-12-23(35-5)13-10-21)16-32(28)22-11-8-19(3)20(4)15-22/h6-16,18H,17H2,1-5H3,(H,29,30,33). The number of aromatic nitrogens is 2. The van der Waals surface area contributed by atoms with E-state index in [0.29, 0.717) is 11.6 Å². The molecule has 0 aliphatic carbocycles. The quantitative estimate of drug-likeness (QED) is 0.368. The molecule has 4 aromatic rings. The molecule has 0 aliphatic rings. The summed E-state index contributed by atoms with van der Waals surface area (Å²) in [7, 11) is 1.62. The van der Waals surface area contributed by atoms with Gasteiger partial charge < -0.3 is 14.1 Å². The highest BCUT2D eigenvalue weighted by Crippen LogP contribution is 2.27. The van der Waals surface area contributed by atoms with Crippen molar-refractivity contribution in [3.63, 3.8) is 0 Å². The topological polar surface area (TPSA) is 89.6 Å². The summed E-state index contributed by atoms with van der Waals surface area (Å²) in [6.07, 6.45) is 3.32. The molecule has 0 atom stereocenters. The highest BCUT2D eigenvalue weighted by molar-refractivity contribution is 5.97. The van der Waals surface area contributed by atoms with E-state index in [9.17, 15) is 9.59 Å². The van der Waals surface area contributed by atoms with Gasteiger partial charge in [-0.25, -0.2) is 4.98 Å². The van der Waals surface area contributed by atoms with Gasteiger partial charge in [-0.2, -0.15) is 0 Å². The fourth-order valence-electron chi connectivity index (χ4n) is 3.79. The summed E-state index contributed by atoms with van der Waals surface area (Å²) in [5.41, 5.74) is 4.74. The Kier molecular flexibility index (Phi) is 7.24. The van der Waals surface area contributed by atoms with Crippen LogP contribution in [0.3, 0.4) is 0 Å². The van der Waals surface area contributed by atoms with Crippen LogP contribution < -0.4 is 10.1 Å². The smallest absolute Gasteiger partial charge is 0.290 e. The van der Waals surface area contributed by atoms with Gasteiger partial charge in [0.25, 0.3) is 5.91 Å². The Bertz CT molecular complexity index is 1350. The molecule has 2 aromatic carbocycles.